The Morgan fingerprint density at radius 3 is 2.35 bits per heavy atom. The molecule has 1 atom stereocenters. The van der Waals surface area contributed by atoms with Crippen LogP contribution in [-0.4, -0.2) is 74.9 Å². The first-order valence-corrected chi connectivity index (χ1v) is 15.3. The summed E-state index contributed by atoms with van der Waals surface area (Å²) in [7, 11) is 1.64. The van der Waals surface area contributed by atoms with Crippen LogP contribution in [0.4, 0.5) is 0 Å². The molecule has 0 aliphatic carbocycles. The largest absolute Gasteiger partial charge is 0.497 e. The molecule has 1 unspecified atom stereocenters. The van der Waals surface area contributed by atoms with Crippen LogP contribution >= 0.6 is 11.8 Å². The molecule has 0 radical (unpaired) electrons. The van der Waals surface area contributed by atoms with Crippen LogP contribution in [0.25, 0.3) is 17.1 Å². The van der Waals surface area contributed by atoms with Crippen molar-refractivity contribution in [1.29, 1.82) is 0 Å². The van der Waals surface area contributed by atoms with E-state index < -0.39 is 0 Å². The maximum atomic E-state index is 13.2. The standard InChI is InChI=1S/C31H41N5O3S/c1-5-6-7-8-9-10-28(37)35-20-19-34(21-24(35)3)29(38)22-40-31-33-32-30(25-13-11-23(2)12-14-25)36(31)26-15-17-27(39-4)18-16-26/h11-18,24H,5-10,19-22H2,1-4H3. The number of nitrogens with zero attached hydrogens (tertiary/aromatic N) is 5. The predicted molar refractivity (Wildman–Crippen MR) is 160 cm³/mol. The number of piperazine rings is 1. The molecular formula is C31H41N5O3S. The molecule has 0 N–H and O–H groups in total. The number of carbonyl (C=O) groups is 2. The summed E-state index contributed by atoms with van der Waals surface area (Å²) in [6.07, 6.45) is 6.28. The number of amides is 2. The van der Waals surface area contributed by atoms with Crippen LogP contribution < -0.4 is 4.74 Å². The molecule has 0 spiro atoms. The first kappa shape index (κ1) is 29.6. The molecule has 4 rings (SSSR count). The van der Waals surface area contributed by atoms with Gasteiger partial charge < -0.3 is 14.5 Å². The van der Waals surface area contributed by atoms with Crippen molar-refractivity contribution in [3.8, 4) is 22.8 Å². The summed E-state index contributed by atoms with van der Waals surface area (Å²) in [5.41, 5.74) is 3.02. The van der Waals surface area contributed by atoms with Crippen LogP contribution in [0.5, 0.6) is 5.75 Å². The summed E-state index contributed by atoms with van der Waals surface area (Å²) in [5, 5.41) is 9.62. The topological polar surface area (TPSA) is 80.6 Å². The SMILES string of the molecule is CCCCCCCC(=O)N1CCN(C(=O)CSc2nnc(-c3ccc(C)cc3)n2-c2ccc(OC)cc2)CC1C. The lowest BCUT2D eigenvalue weighted by atomic mass is 10.1. The Kier molecular flexibility index (Phi) is 10.6. The van der Waals surface area contributed by atoms with Crippen molar-refractivity contribution in [2.45, 2.75) is 70.5 Å². The number of benzene rings is 2. The number of unbranched alkanes of at least 4 members (excludes halogenated alkanes) is 4. The van der Waals surface area contributed by atoms with Crippen LogP contribution in [0.3, 0.4) is 0 Å². The molecule has 9 heteroatoms. The van der Waals surface area contributed by atoms with Crippen LogP contribution in [0.2, 0.25) is 0 Å². The van der Waals surface area contributed by atoms with Crippen molar-refractivity contribution in [3.63, 3.8) is 0 Å². The Labute approximate surface area is 242 Å². The third kappa shape index (κ3) is 7.44. The first-order chi connectivity index (χ1) is 19.4. The Balaban J connectivity index is 1.40. The number of carbonyl (C=O) groups excluding carboxylic acids is 2. The van der Waals surface area contributed by atoms with Crippen LogP contribution in [-0.2, 0) is 9.59 Å². The fraction of sp³-hybridized carbons (Fsp3) is 0.484. The zero-order valence-electron chi connectivity index (χ0n) is 24.1. The lowest BCUT2D eigenvalue weighted by molar-refractivity contribution is -0.141. The second-order valence-electron chi connectivity index (χ2n) is 10.4. The van der Waals surface area contributed by atoms with Gasteiger partial charge in [0.05, 0.1) is 12.9 Å². The quantitative estimate of drug-likeness (QED) is 0.206. The summed E-state index contributed by atoms with van der Waals surface area (Å²) in [5.74, 6) is 1.99. The minimum Gasteiger partial charge on any atom is -0.497 e. The third-order valence-electron chi connectivity index (χ3n) is 7.39. The van der Waals surface area contributed by atoms with Crippen molar-refractivity contribution >= 4 is 23.6 Å². The van der Waals surface area contributed by atoms with Crippen LogP contribution in [0, 0.1) is 6.92 Å². The Hall–Kier alpha value is -3.33. The van der Waals surface area contributed by atoms with E-state index in [0.29, 0.717) is 31.2 Å². The minimum atomic E-state index is 0.0157. The van der Waals surface area contributed by atoms with E-state index in [-0.39, 0.29) is 23.6 Å². The minimum absolute atomic E-state index is 0.0157. The van der Waals surface area contributed by atoms with Gasteiger partial charge in [-0.25, -0.2) is 0 Å². The molecule has 214 valence electrons. The number of ether oxygens (including phenoxy) is 1. The second kappa shape index (κ2) is 14.3. The van der Waals surface area contributed by atoms with Gasteiger partial charge >= 0.3 is 0 Å². The predicted octanol–water partition coefficient (Wildman–Crippen LogP) is 5.76. The van der Waals surface area contributed by atoms with Gasteiger partial charge in [-0.1, -0.05) is 74.2 Å². The molecule has 2 aromatic carbocycles. The number of aryl methyl sites for hydroxylation is 1. The smallest absolute Gasteiger partial charge is 0.233 e. The molecule has 3 aromatic rings. The molecule has 1 saturated heterocycles. The maximum absolute atomic E-state index is 13.2. The molecule has 0 saturated carbocycles. The molecule has 2 amide bonds. The Morgan fingerprint density at radius 1 is 0.950 bits per heavy atom. The lowest BCUT2D eigenvalue weighted by Crippen LogP contribution is -2.55. The zero-order chi connectivity index (χ0) is 28.5. The summed E-state index contributed by atoms with van der Waals surface area (Å²) in [4.78, 5) is 29.8. The van der Waals surface area contributed by atoms with E-state index in [0.717, 1.165) is 35.7 Å². The lowest BCUT2D eigenvalue weighted by Gasteiger charge is -2.40. The van der Waals surface area contributed by atoms with Gasteiger partial charge in [-0.15, -0.1) is 10.2 Å². The Morgan fingerprint density at radius 2 is 1.68 bits per heavy atom. The highest BCUT2D eigenvalue weighted by atomic mass is 32.2. The molecule has 1 aliphatic heterocycles. The summed E-state index contributed by atoms with van der Waals surface area (Å²) >= 11 is 1.38. The average molecular weight is 564 g/mol. The molecule has 1 fully saturated rings. The van der Waals surface area contributed by atoms with Gasteiger partial charge in [0.1, 0.15) is 5.75 Å². The zero-order valence-corrected chi connectivity index (χ0v) is 25.0. The number of rotatable bonds is 12. The van der Waals surface area contributed by atoms with E-state index in [1.54, 1.807) is 7.11 Å². The second-order valence-corrected chi connectivity index (χ2v) is 11.4. The van der Waals surface area contributed by atoms with Gasteiger partial charge in [-0.3, -0.25) is 14.2 Å². The van der Waals surface area contributed by atoms with Crippen molar-refractivity contribution in [2.75, 3.05) is 32.5 Å². The average Bonchev–Trinajstić information content (AvgIpc) is 3.40. The normalized spacial score (nSPS) is 15.3. The van der Waals surface area contributed by atoms with E-state index in [9.17, 15) is 9.59 Å². The molecule has 40 heavy (non-hydrogen) atoms. The first-order valence-electron chi connectivity index (χ1n) is 14.3. The molecular weight excluding hydrogens is 522 g/mol. The van der Waals surface area contributed by atoms with Crippen molar-refractivity contribution in [3.05, 3.63) is 54.1 Å². The monoisotopic (exact) mass is 563 g/mol. The molecule has 1 aromatic heterocycles. The highest BCUT2D eigenvalue weighted by Crippen LogP contribution is 2.29. The van der Waals surface area contributed by atoms with Crippen LogP contribution in [0.15, 0.2) is 53.7 Å². The summed E-state index contributed by atoms with van der Waals surface area (Å²) in [6.45, 7) is 7.99. The van der Waals surface area contributed by atoms with Gasteiger partial charge in [0.15, 0.2) is 11.0 Å². The van der Waals surface area contributed by atoms with E-state index >= 15 is 0 Å². The van der Waals surface area contributed by atoms with Gasteiger partial charge in [0.2, 0.25) is 11.8 Å². The van der Waals surface area contributed by atoms with Gasteiger partial charge in [-0.2, -0.15) is 0 Å². The number of thioether (sulfide) groups is 1. The summed E-state index contributed by atoms with van der Waals surface area (Å²) < 4.78 is 7.32. The third-order valence-corrected chi connectivity index (χ3v) is 8.31. The fourth-order valence-corrected chi connectivity index (χ4v) is 5.87. The van der Waals surface area contributed by atoms with Gasteiger partial charge in [-0.05, 0) is 44.5 Å². The highest BCUT2D eigenvalue weighted by Gasteiger charge is 2.29. The van der Waals surface area contributed by atoms with Crippen LogP contribution in [0.1, 0.15) is 57.9 Å². The van der Waals surface area contributed by atoms with Crippen molar-refractivity contribution in [1.82, 2.24) is 24.6 Å². The van der Waals surface area contributed by atoms with Crippen molar-refractivity contribution in [2.24, 2.45) is 0 Å². The fourth-order valence-electron chi connectivity index (χ4n) is 5.01. The van der Waals surface area contributed by atoms with E-state index in [1.807, 2.05) is 57.7 Å². The van der Waals surface area contributed by atoms with E-state index in [4.69, 9.17) is 4.74 Å². The molecule has 1 aliphatic rings. The number of hydrogen-bond donors (Lipinski definition) is 0. The molecule has 0 bridgehead atoms. The van der Waals surface area contributed by atoms with E-state index in [1.165, 1.54) is 36.6 Å². The Bertz CT molecular complexity index is 1260. The number of hydrogen-bond acceptors (Lipinski definition) is 6. The molecule has 8 nitrogen and oxygen atoms in total. The maximum Gasteiger partial charge on any atom is 0.233 e. The number of aromatic nitrogens is 3. The number of methoxy groups -OCH3 is 1. The van der Waals surface area contributed by atoms with Gasteiger partial charge in [0.25, 0.3) is 0 Å². The summed E-state index contributed by atoms with van der Waals surface area (Å²) in [6, 6.07) is 15.9. The van der Waals surface area contributed by atoms with Gasteiger partial charge in [0, 0.05) is 43.3 Å². The van der Waals surface area contributed by atoms with E-state index in [2.05, 4.69) is 36.2 Å². The van der Waals surface area contributed by atoms with Crippen molar-refractivity contribution < 1.29 is 14.3 Å². The molecule has 2 heterocycles. The highest BCUT2D eigenvalue weighted by molar-refractivity contribution is 7.99.